The van der Waals surface area contributed by atoms with Crippen LogP contribution in [0.25, 0.3) is 6.08 Å². The van der Waals surface area contributed by atoms with E-state index in [1.165, 1.54) is 11.3 Å². The number of para-hydroxylation sites is 1. The highest BCUT2D eigenvalue weighted by molar-refractivity contribution is 5.48. The SMILES string of the molecule is NCC(C/C=C\c1ccccc1)N1CCN(c2ccccc2)CC1. The van der Waals surface area contributed by atoms with Crippen LogP contribution in [-0.4, -0.2) is 43.7 Å². The molecule has 24 heavy (non-hydrogen) atoms. The molecule has 0 bridgehead atoms. The van der Waals surface area contributed by atoms with Crippen LogP contribution in [-0.2, 0) is 0 Å². The zero-order valence-electron chi connectivity index (χ0n) is 14.2. The Bertz CT molecular complexity index is 616. The fourth-order valence-electron chi connectivity index (χ4n) is 3.30. The Balaban J connectivity index is 1.51. The molecule has 1 atom stereocenters. The first-order chi connectivity index (χ1) is 11.9. The van der Waals surface area contributed by atoms with Gasteiger partial charge in [0.15, 0.2) is 0 Å². The fraction of sp³-hybridized carbons (Fsp3) is 0.333. The number of rotatable bonds is 6. The fourth-order valence-corrected chi connectivity index (χ4v) is 3.30. The van der Waals surface area contributed by atoms with Gasteiger partial charge in [0.2, 0.25) is 0 Å². The summed E-state index contributed by atoms with van der Waals surface area (Å²) in [6.07, 6.45) is 5.47. The monoisotopic (exact) mass is 321 g/mol. The number of piperazine rings is 1. The van der Waals surface area contributed by atoms with Crippen molar-refractivity contribution in [2.24, 2.45) is 5.73 Å². The molecule has 126 valence electrons. The van der Waals surface area contributed by atoms with Crippen LogP contribution in [0.2, 0.25) is 0 Å². The van der Waals surface area contributed by atoms with Crippen LogP contribution in [0.3, 0.4) is 0 Å². The maximum absolute atomic E-state index is 6.04. The Morgan fingerprint density at radius 2 is 1.50 bits per heavy atom. The zero-order chi connectivity index (χ0) is 16.6. The average Bonchev–Trinajstić information content (AvgIpc) is 2.67. The lowest BCUT2D eigenvalue weighted by Gasteiger charge is -2.39. The number of benzene rings is 2. The smallest absolute Gasteiger partial charge is 0.0367 e. The molecule has 0 amide bonds. The average molecular weight is 321 g/mol. The summed E-state index contributed by atoms with van der Waals surface area (Å²) < 4.78 is 0. The van der Waals surface area contributed by atoms with Crippen LogP contribution in [0, 0.1) is 0 Å². The Morgan fingerprint density at radius 1 is 0.875 bits per heavy atom. The Morgan fingerprint density at radius 3 is 2.12 bits per heavy atom. The minimum Gasteiger partial charge on any atom is -0.369 e. The van der Waals surface area contributed by atoms with Crippen LogP contribution >= 0.6 is 0 Å². The minimum absolute atomic E-state index is 0.433. The van der Waals surface area contributed by atoms with E-state index in [-0.39, 0.29) is 0 Å². The van der Waals surface area contributed by atoms with E-state index in [1.807, 2.05) is 6.07 Å². The largest absolute Gasteiger partial charge is 0.369 e. The van der Waals surface area contributed by atoms with Gasteiger partial charge in [0.1, 0.15) is 0 Å². The Kier molecular flexibility index (Phi) is 6.05. The second-order valence-electron chi connectivity index (χ2n) is 6.30. The van der Waals surface area contributed by atoms with Crippen molar-refractivity contribution in [1.82, 2.24) is 4.90 Å². The van der Waals surface area contributed by atoms with Gasteiger partial charge in [0.25, 0.3) is 0 Å². The minimum atomic E-state index is 0.433. The van der Waals surface area contributed by atoms with Crippen LogP contribution in [0.5, 0.6) is 0 Å². The second kappa shape index (κ2) is 8.67. The molecule has 0 saturated carbocycles. The number of hydrogen-bond donors (Lipinski definition) is 1. The normalized spacial score (nSPS) is 17.3. The molecule has 1 saturated heterocycles. The molecular weight excluding hydrogens is 294 g/mol. The molecular formula is C21H27N3. The number of hydrogen-bond acceptors (Lipinski definition) is 3. The summed E-state index contributed by atoms with van der Waals surface area (Å²) in [4.78, 5) is 5.00. The summed E-state index contributed by atoms with van der Waals surface area (Å²) in [5, 5.41) is 0. The summed E-state index contributed by atoms with van der Waals surface area (Å²) in [7, 11) is 0. The predicted octanol–water partition coefficient (Wildman–Crippen LogP) is 3.24. The summed E-state index contributed by atoms with van der Waals surface area (Å²) in [6.45, 7) is 5.02. The first-order valence-corrected chi connectivity index (χ1v) is 8.82. The third-order valence-electron chi connectivity index (χ3n) is 4.74. The van der Waals surface area contributed by atoms with Crippen molar-refractivity contribution < 1.29 is 0 Å². The summed E-state index contributed by atoms with van der Waals surface area (Å²) in [5.74, 6) is 0. The molecule has 0 spiro atoms. The van der Waals surface area contributed by atoms with Gasteiger partial charge in [0.05, 0.1) is 0 Å². The van der Waals surface area contributed by atoms with Gasteiger partial charge >= 0.3 is 0 Å². The van der Waals surface area contributed by atoms with Crippen molar-refractivity contribution in [2.45, 2.75) is 12.5 Å². The number of anilines is 1. The number of nitrogens with two attached hydrogens (primary N) is 1. The van der Waals surface area contributed by atoms with Gasteiger partial charge in [-0.05, 0) is 24.1 Å². The highest BCUT2D eigenvalue weighted by Gasteiger charge is 2.22. The van der Waals surface area contributed by atoms with Gasteiger partial charge in [-0.15, -0.1) is 0 Å². The Hall–Kier alpha value is -2.10. The van der Waals surface area contributed by atoms with Gasteiger partial charge in [-0.2, -0.15) is 0 Å². The zero-order valence-corrected chi connectivity index (χ0v) is 14.2. The lowest BCUT2D eigenvalue weighted by Crippen LogP contribution is -2.52. The van der Waals surface area contributed by atoms with E-state index >= 15 is 0 Å². The van der Waals surface area contributed by atoms with Crippen molar-refractivity contribution in [3.63, 3.8) is 0 Å². The first-order valence-electron chi connectivity index (χ1n) is 8.82. The summed E-state index contributed by atoms with van der Waals surface area (Å²) in [5.41, 5.74) is 8.62. The highest BCUT2D eigenvalue weighted by Crippen LogP contribution is 2.17. The van der Waals surface area contributed by atoms with E-state index in [1.54, 1.807) is 0 Å². The maximum Gasteiger partial charge on any atom is 0.0367 e. The topological polar surface area (TPSA) is 32.5 Å². The van der Waals surface area contributed by atoms with Crippen LogP contribution in [0.1, 0.15) is 12.0 Å². The molecule has 3 rings (SSSR count). The van der Waals surface area contributed by atoms with Crippen LogP contribution in [0.4, 0.5) is 5.69 Å². The molecule has 1 heterocycles. The van der Waals surface area contributed by atoms with Crippen molar-refractivity contribution >= 4 is 11.8 Å². The van der Waals surface area contributed by atoms with Gasteiger partial charge in [-0.1, -0.05) is 60.7 Å². The molecule has 1 fully saturated rings. The Labute approximate surface area is 145 Å². The van der Waals surface area contributed by atoms with E-state index in [2.05, 4.69) is 76.5 Å². The molecule has 1 unspecified atom stereocenters. The molecule has 1 aliphatic rings. The highest BCUT2D eigenvalue weighted by atomic mass is 15.3. The van der Waals surface area contributed by atoms with Crippen molar-refractivity contribution in [3.8, 4) is 0 Å². The molecule has 0 aliphatic carbocycles. The molecule has 3 nitrogen and oxygen atoms in total. The second-order valence-corrected chi connectivity index (χ2v) is 6.30. The van der Waals surface area contributed by atoms with Gasteiger partial charge in [-0.25, -0.2) is 0 Å². The number of nitrogens with zero attached hydrogens (tertiary/aromatic N) is 2. The van der Waals surface area contributed by atoms with Crippen molar-refractivity contribution in [1.29, 1.82) is 0 Å². The molecule has 1 aliphatic heterocycles. The predicted molar refractivity (Wildman–Crippen MR) is 103 cm³/mol. The molecule has 3 heteroatoms. The lowest BCUT2D eigenvalue weighted by atomic mass is 10.1. The maximum atomic E-state index is 6.04. The molecule has 2 aromatic rings. The van der Waals surface area contributed by atoms with Gasteiger partial charge in [0, 0.05) is 44.5 Å². The molecule has 0 aromatic heterocycles. The standard InChI is InChI=1S/C21H27N3/c22-18-21(13-7-10-19-8-3-1-4-9-19)24-16-14-23(15-17-24)20-11-5-2-6-12-20/h1-12,21H,13-18,22H2/b10-7-. The van der Waals surface area contributed by atoms with E-state index in [9.17, 15) is 0 Å². The summed E-state index contributed by atoms with van der Waals surface area (Å²) in [6, 6.07) is 21.6. The van der Waals surface area contributed by atoms with Crippen molar-refractivity contribution in [3.05, 3.63) is 72.3 Å². The van der Waals surface area contributed by atoms with Gasteiger partial charge in [-0.3, -0.25) is 4.90 Å². The lowest BCUT2D eigenvalue weighted by molar-refractivity contribution is 0.190. The molecule has 2 aromatic carbocycles. The van der Waals surface area contributed by atoms with Gasteiger partial charge < -0.3 is 10.6 Å². The van der Waals surface area contributed by atoms with Crippen LogP contribution in [0.15, 0.2) is 66.7 Å². The first kappa shape index (κ1) is 16.7. The van der Waals surface area contributed by atoms with E-state index in [0.717, 1.165) is 32.6 Å². The quantitative estimate of drug-likeness (QED) is 0.886. The van der Waals surface area contributed by atoms with E-state index < -0.39 is 0 Å². The third kappa shape index (κ3) is 4.47. The molecule has 2 N–H and O–H groups in total. The van der Waals surface area contributed by atoms with E-state index in [0.29, 0.717) is 12.6 Å². The van der Waals surface area contributed by atoms with E-state index in [4.69, 9.17) is 5.73 Å². The van der Waals surface area contributed by atoms with Crippen LogP contribution < -0.4 is 10.6 Å². The molecule has 0 radical (unpaired) electrons. The summed E-state index contributed by atoms with van der Waals surface area (Å²) >= 11 is 0. The third-order valence-corrected chi connectivity index (χ3v) is 4.74. The van der Waals surface area contributed by atoms with Crippen molar-refractivity contribution in [2.75, 3.05) is 37.6 Å².